The maximum absolute atomic E-state index is 12.3. The summed E-state index contributed by atoms with van der Waals surface area (Å²) in [5.41, 5.74) is 2.92. The monoisotopic (exact) mass is 334 g/mol. The van der Waals surface area contributed by atoms with Gasteiger partial charge in [0.15, 0.2) is 0 Å². The summed E-state index contributed by atoms with van der Waals surface area (Å²) in [6, 6.07) is 14.8. The number of rotatable bonds is 6. The summed E-state index contributed by atoms with van der Waals surface area (Å²) in [6.45, 7) is 0.405. The molecule has 3 rings (SSSR count). The van der Waals surface area contributed by atoms with Gasteiger partial charge in [0.2, 0.25) is 0 Å². The molecule has 126 valence electrons. The number of benzene rings is 1. The highest BCUT2D eigenvalue weighted by Crippen LogP contribution is 2.21. The molecular weight excluding hydrogens is 316 g/mol. The summed E-state index contributed by atoms with van der Waals surface area (Å²) >= 11 is 0. The predicted octanol–water partition coefficient (Wildman–Crippen LogP) is 3.16. The molecule has 2 N–H and O–H groups in total. The van der Waals surface area contributed by atoms with Crippen LogP contribution in [0.3, 0.4) is 0 Å². The molecule has 0 spiro atoms. The molecule has 0 aliphatic heterocycles. The Labute approximate surface area is 145 Å². The van der Waals surface area contributed by atoms with Gasteiger partial charge in [-0.15, -0.1) is 0 Å². The van der Waals surface area contributed by atoms with Crippen LogP contribution in [0, 0.1) is 0 Å². The number of anilines is 2. The number of carbonyl (C=O) groups excluding carboxylic acids is 1. The first-order chi connectivity index (χ1) is 12.2. The van der Waals surface area contributed by atoms with Crippen molar-refractivity contribution in [1.82, 2.24) is 15.3 Å². The lowest BCUT2D eigenvalue weighted by atomic mass is 10.2. The Morgan fingerprint density at radius 2 is 1.96 bits per heavy atom. The van der Waals surface area contributed by atoms with Gasteiger partial charge < -0.3 is 15.4 Å². The number of hydrogen-bond acceptors (Lipinski definition) is 5. The van der Waals surface area contributed by atoms with Crippen molar-refractivity contribution >= 4 is 17.3 Å². The molecular formula is C19H18N4O2. The molecule has 25 heavy (non-hydrogen) atoms. The highest BCUT2D eigenvalue weighted by molar-refractivity contribution is 5.93. The lowest BCUT2D eigenvalue weighted by molar-refractivity contribution is 0.0946. The highest BCUT2D eigenvalue weighted by atomic mass is 16.5. The van der Waals surface area contributed by atoms with Crippen LogP contribution in [0.25, 0.3) is 0 Å². The average Bonchev–Trinajstić information content (AvgIpc) is 2.67. The molecule has 0 unspecified atom stereocenters. The zero-order chi connectivity index (χ0) is 17.5. The fraction of sp³-hybridized carbons (Fsp3) is 0.105. The topological polar surface area (TPSA) is 76.1 Å². The Morgan fingerprint density at radius 1 is 1.08 bits per heavy atom. The van der Waals surface area contributed by atoms with E-state index in [1.54, 1.807) is 37.8 Å². The Bertz CT molecular complexity index is 853. The van der Waals surface area contributed by atoms with E-state index in [0.717, 1.165) is 22.7 Å². The van der Waals surface area contributed by atoms with E-state index in [1.807, 2.05) is 36.4 Å². The van der Waals surface area contributed by atoms with Crippen molar-refractivity contribution in [3.05, 3.63) is 78.4 Å². The number of carbonyl (C=O) groups is 1. The van der Waals surface area contributed by atoms with Crippen LogP contribution in [0.1, 0.15) is 16.1 Å². The minimum absolute atomic E-state index is 0.238. The number of nitrogens with one attached hydrogen (secondary N) is 2. The Kier molecular flexibility index (Phi) is 5.21. The van der Waals surface area contributed by atoms with E-state index in [2.05, 4.69) is 20.6 Å². The zero-order valence-corrected chi connectivity index (χ0v) is 13.8. The SMILES string of the molecule is COc1cccc(Nc2ccnc(C(=O)NCc3cccnc3)c2)c1. The van der Waals surface area contributed by atoms with Crippen LogP contribution in [0.4, 0.5) is 11.4 Å². The standard InChI is InChI=1S/C19H18N4O2/c1-25-17-6-2-5-15(10-17)23-16-7-9-21-18(11-16)19(24)22-13-14-4-3-8-20-12-14/h2-12H,13H2,1H3,(H,21,23)(H,22,24). The van der Waals surface area contributed by atoms with Gasteiger partial charge in [-0.3, -0.25) is 14.8 Å². The van der Waals surface area contributed by atoms with Gasteiger partial charge in [0.1, 0.15) is 11.4 Å². The Hall–Kier alpha value is -3.41. The van der Waals surface area contributed by atoms with Crippen LogP contribution in [0.5, 0.6) is 5.75 Å². The molecule has 3 aromatic rings. The highest BCUT2D eigenvalue weighted by Gasteiger charge is 2.08. The van der Waals surface area contributed by atoms with E-state index in [4.69, 9.17) is 4.74 Å². The van der Waals surface area contributed by atoms with Crippen LogP contribution < -0.4 is 15.4 Å². The first kappa shape index (κ1) is 16.4. The van der Waals surface area contributed by atoms with E-state index < -0.39 is 0 Å². The molecule has 0 radical (unpaired) electrons. The maximum atomic E-state index is 12.3. The van der Waals surface area contributed by atoms with E-state index in [-0.39, 0.29) is 5.91 Å². The number of pyridine rings is 2. The van der Waals surface area contributed by atoms with Gasteiger partial charge in [0.05, 0.1) is 7.11 Å². The minimum Gasteiger partial charge on any atom is -0.497 e. The van der Waals surface area contributed by atoms with Crippen LogP contribution in [0.2, 0.25) is 0 Å². The van der Waals surface area contributed by atoms with Crippen LogP contribution in [-0.4, -0.2) is 23.0 Å². The minimum atomic E-state index is -0.238. The molecule has 1 aromatic carbocycles. The number of hydrogen-bond donors (Lipinski definition) is 2. The smallest absolute Gasteiger partial charge is 0.270 e. The van der Waals surface area contributed by atoms with Gasteiger partial charge in [-0.2, -0.15) is 0 Å². The van der Waals surface area contributed by atoms with Crippen LogP contribution in [0.15, 0.2) is 67.1 Å². The predicted molar refractivity (Wildman–Crippen MR) is 95.9 cm³/mol. The van der Waals surface area contributed by atoms with Gasteiger partial charge in [-0.05, 0) is 35.9 Å². The third-order valence-electron chi connectivity index (χ3n) is 3.53. The lowest BCUT2D eigenvalue weighted by Crippen LogP contribution is -2.23. The largest absolute Gasteiger partial charge is 0.497 e. The summed E-state index contributed by atoms with van der Waals surface area (Å²) < 4.78 is 5.21. The molecule has 0 bridgehead atoms. The number of methoxy groups -OCH3 is 1. The van der Waals surface area contributed by atoms with Crippen molar-refractivity contribution in [3.8, 4) is 5.75 Å². The fourth-order valence-corrected chi connectivity index (χ4v) is 2.28. The summed E-state index contributed by atoms with van der Waals surface area (Å²) in [5, 5.41) is 6.07. The van der Waals surface area contributed by atoms with Crippen LogP contribution >= 0.6 is 0 Å². The van der Waals surface area contributed by atoms with Crippen molar-refractivity contribution < 1.29 is 9.53 Å². The second kappa shape index (κ2) is 7.92. The molecule has 0 atom stereocenters. The third-order valence-corrected chi connectivity index (χ3v) is 3.53. The second-order valence-corrected chi connectivity index (χ2v) is 5.33. The van der Waals surface area contributed by atoms with E-state index in [9.17, 15) is 4.79 Å². The average molecular weight is 334 g/mol. The van der Waals surface area contributed by atoms with Crippen molar-refractivity contribution in [2.75, 3.05) is 12.4 Å². The summed E-state index contributed by atoms with van der Waals surface area (Å²) in [4.78, 5) is 20.4. The van der Waals surface area contributed by atoms with E-state index in [1.165, 1.54) is 0 Å². The molecule has 6 heteroatoms. The van der Waals surface area contributed by atoms with E-state index in [0.29, 0.717) is 12.2 Å². The van der Waals surface area contributed by atoms with Gasteiger partial charge >= 0.3 is 0 Å². The number of aromatic nitrogens is 2. The van der Waals surface area contributed by atoms with Crippen molar-refractivity contribution in [2.45, 2.75) is 6.54 Å². The normalized spacial score (nSPS) is 10.1. The molecule has 1 amide bonds. The van der Waals surface area contributed by atoms with Crippen molar-refractivity contribution in [1.29, 1.82) is 0 Å². The Morgan fingerprint density at radius 3 is 2.76 bits per heavy atom. The third kappa shape index (κ3) is 4.54. The van der Waals surface area contributed by atoms with Gasteiger partial charge in [0.25, 0.3) is 5.91 Å². The van der Waals surface area contributed by atoms with Gasteiger partial charge in [-0.1, -0.05) is 12.1 Å². The maximum Gasteiger partial charge on any atom is 0.270 e. The summed E-state index contributed by atoms with van der Waals surface area (Å²) in [6.07, 6.45) is 5.01. The first-order valence-electron chi connectivity index (χ1n) is 7.79. The number of amides is 1. The number of nitrogens with zero attached hydrogens (tertiary/aromatic N) is 2. The first-order valence-corrected chi connectivity index (χ1v) is 7.79. The summed E-state index contributed by atoms with van der Waals surface area (Å²) in [5.74, 6) is 0.520. The molecule has 2 heterocycles. The van der Waals surface area contributed by atoms with Gasteiger partial charge in [0, 0.05) is 42.6 Å². The van der Waals surface area contributed by atoms with E-state index >= 15 is 0 Å². The van der Waals surface area contributed by atoms with Gasteiger partial charge in [-0.25, -0.2) is 0 Å². The van der Waals surface area contributed by atoms with Crippen molar-refractivity contribution in [2.24, 2.45) is 0 Å². The van der Waals surface area contributed by atoms with Crippen LogP contribution in [-0.2, 0) is 6.54 Å². The molecule has 0 aliphatic carbocycles. The summed E-state index contributed by atoms with van der Waals surface area (Å²) in [7, 11) is 1.62. The zero-order valence-electron chi connectivity index (χ0n) is 13.8. The molecule has 2 aromatic heterocycles. The fourth-order valence-electron chi connectivity index (χ4n) is 2.28. The molecule has 0 fully saturated rings. The lowest BCUT2D eigenvalue weighted by Gasteiger charge is -2.09. The number of ether oxygens (including phenoxy) is 1. The molecule has 0 saturated carbocycles. The molecule has 0 saturated heterocycles. The second-order valence-electron chi connectivity index (χ2n) is 5.33. The molecule has 6 nitrogen and oxygen atoms in total. The molecule has 0 aliphatic rings. The van der Waals surface area contributed by atoms with Crippen molar-refractivity contribution in [3.63, 3.8) is 0 Å². The Balaban J connectivity index is 1.67. The quantitative estimate of drug-likeness (QED) is 0.724.